The van der Waals surface area contributed by atoms with Gasteiger partial charge in [0.05, 0.1) is 12.2 Å². The number of hydrogen-bond acceptors (Lipinski definition) is 4. The van der Waals surface area contributed by atoms with Crippen molar-refractivity contribution in [1.82, 2.24) is 19.7 Å². The predicted octanol–water partition coefficient (Wildman–Crippen LogP) is 2.42. The molecule has 2 aromatic heterocycles. The predicted molar refractivity (Wildman–Crippen MR) is 93.5 cm³/mol. The molecule has 24 heavy (non-hydrogen) atoms. The van der Waals surface area contributed by atoms with E-state index in [1.54, 1.807) is 4.68 Å². The fourth-order valence-corrected chi connectivity index (χ4v) is 2.82. The number of benzene rings is 2. The van der Waals surface area contributed by atoms with Crippen LogP contribution in [0.3, 0.4) is 0 Å². The largest absolute Gasteiger partial charge is 0.369 e. The molecule has 4 rings (SSSR count). The maximum atomic E-state index is 12.4. The van der Waals surface area contributed by atoms with Crippen LogP contribution >= 0.6 is 0 Å². The first-order valence-corrected chi connectivity index (χ1v) is 7.58. The number of anilines is 1. The van der Waals surface area contributed by atoms with E-state index in [0.717, 1.165) is 16.8 Å². The van der Waals surface area contributed by atoms with Gasteiger partial charge in [-0.3, -0.25) is 14.5 Å². The Balaban J connectivity index is 1.99. The maximum Gasteiger partial charge on any atom is 0.264 e. The molecular weight excluding hydrogens is 302 g/mol. The van der Waals surface area contributed by atoms with E-state index in [4.69, 9.17) is 5.73 Å². The highest BCUT2D eigenvalue weighted by Gasteiger charge is 2.18. The average Bonchev–Trinajstić information content (AvgIpc) is 2.94. The normalized spacial score (nSPS) is 11.0. The summed E-state index contributed by atoms with van der Waals surface area (Å²) in [7, 11) is 0. The van der Waals surface area contributed by atoms with Gasteiger partial charge in [-0.1, -0.05) is 60.7 Å². The second-order valence-corrected chi connectivity index (χ2v) is 5.51. The van der Waals surface area contributed by atoms with Gasteiger partial charge in [-0.25, -0.2) is 0 Å². The highest BCUT2D eigenvalue weighted by molar-refractivity contribution is 5.90. The van der Waals surface area contributed by atoms with Gasteiger partial charge < -0.3 is 5.73 Å². The Morgan fingerprint density at radius 2 is 1.67 bits per heavy atom. The highest BCUT2D eigenvalue weighted by Crippen LogP contribution is 2.26. The number of aromatic amines is 1. The van der Waals surface area contributed by atoms with E-state index < -0.39 is 0 Å². The summed E-state index contributed by atoms with van der Waals surface area (Å²) in [5.41, 5.74) is 8.47. The lowest BCUT2D eigenvalue weighted by atomic mass is 10.1. The van der Waals surface area contributed by atoms with Crippen LogP contribution in [0.15, 0.2) is 65.5 Å². The molecule has 4 aromatic rings. The van der Waals surface area contributed by atoms with Crippen LogP contribution in [0.2, 0.25) is 0 Å². The molecule has 118 valence electrons. The summed E-state index contributed by atoms with van der Waals surface area (Å²) in [6.45, 7) is 0.542. The molecule has 0 radical (unpaired) electrons. The van der Waals surface area contributed by atoms with E-state index in [2.05, 4.69) is 15.1 Å². The summed E-state index contributed by atoms with van der Waals surface area (Å²) < 4.78 is 1.80. The number of hydrogen-bond donors (Lipinski definition) is 2. The summed E-state index contributed by atoms with van der Waals surface area (Å²) in [4.78, 5) is 19.2. The van der Waals surface area contributed by atoms with Crippen molar-refractivity contribution in [2.45, 2.75) is 6.54 Å². The SMILES string of the molecule is Nc1nc2nn(Cc3ccccc3)c(-c3ccccc3)c2c(=O)[nH]1. The zero-order valence-electron chi connectivity index (χ0n) is 12.8. The fraction of sp³-hybridized carbons (Fsp3) is 0.0556. The van der Waals surface area contributed by atoms with Crippen molar-refractivity contribution in [3.63, 3.8) is 0 Å². The number of nitrogens with zero attached hydrogens (tertiary/aromatic N) is 3. The van der Waals surface area contributed by atoms with Crippen molar-refractivity contribution < 1.29 is 0 Å². The average molecular weight is 317 g/mol. The second kappa shape index (κ2) is 5.66. The van der Waals surface area contributed by atoms with E-state index >= 15 is 0 Å². The van der Waals surface area contributed by atoms with Crippen LogP contribution in [0, 0.1) is 0 Å². The minimum absolute atomic E-state index is 0.0662. The molecule has 0 spiro atoms. The summed E-state index contributed by atoms with van der Waals surface area (Å²) in [6, 6.07) is 19.7. The molecule has 2 heterocycles. The maximum absolute atomic E-state index is 12.4. The Bertz CT molecular complexity index is 1050. The topological polar surface area (TPSA) is 89.6 Å². The molecule has 0 amide bonds. The Hall–Kier alpha value is -3.41. The fourth-order valence-electron chi connectivity index (χ4n) is 2.82. The lowest BCUT2D eigenvalue weighted by Crippen LogP contribution is -2.11. The van der Waals surface area contributed by atoms with Crippen molar-refractivity contribution in [3.05, 3.63) is 76.6 Å². The molecule has 6 nitrogen and oxygen atoms in total. The summed E-state index contributed by atoms with van der Waals surface area (Å²) in [6.07, 6.45) is 0. The molecule has 0 aliphatic rings. The van der Waals surface area contributed by atoms with Crippen LogP contribution in [0.5, 0.6) is 0 Å². The number of aromatic nitrogens is 4. The van der Waals surface area contributed by atoms with Crippen LogP contribution in [0.1, 0.15) is 5.56 Å². The van der Waals surface area contributed by atoms with Crippen molar-refractivity contribution in [3.8, 4) is 11.3 Å². The monoisotopic (exact) mass is 317 g/mol. The number of nitrogens with one attached hydrogen (secondary N) is 1. The Morgan fingerprint density at radius 1 is 1.00 bits per heavy atom. The van der Waals surface area contributed by atoms with Gasteiger partial charge in [0.25, 0.3) is 5.56 Å². The Kier molecular flexibility index (Phi) is 3.35. The van der Waals surface area contributed by atoms with Gasteiger partial charge in [-0.05, 0) is 5.56 Å². The zero-order valence-corrected chi connectivity index (χ0v) is 12.8. The van der Waals surface area contributed by atoms with Crippen molar-refractivity contribution in [1.29, 1.82) is 0 Å². The number of nitrogen functional groups attached to an aromatic ring is 1. The molecular formula is C18H15N5O. The smallest absolute Gasteiger partial charge is 0.264 e. The molecule has 3 N–H and O–H groups in total. The molecule has 0 saturated heterocycles. The van der Waals surface area contributed by atoms with E-state index in [1.165, 1.54) is 0 Å². The molecule has 0 aliphatic carbocycles. The lowest BCUT2D eigenvalue weighted by Gasteiger charge is -2.08. The van der Waals surface area contributed by atoms with Gasteiger partial charge in [-0.15, -0.1) is 0 Å². The van der Waals surface area contributed by atoms with Crippen LogP contribution in [0.4, 0.5) is 5.95 Å². The minimum atomic E-state index is -0.282. The third-order valence-electron chi connectivity index (χ3n) is 3.85. The van der Waals surface area contributed by atoms with Gasteiger partial charge >= 0.3 is 0 Å². The third kappa shape index (κ3) is 2.44. The van der Waals surface area contributed by atoms with Gasteiger partial charge in [0.1, 0.15) is 5.39 Å². The summed E-state index contributed by atoms with van der Waals surface area (Å²) in [5.74, 6) is 0.0662. The molecule has 0 aliphatic heterocycles. The van der Waals surface area contributed by atoms with Crippen LogP contribution in [-0.2, 0) is 6.54 Å². The Labute approximate surface area is 137 Å². The number of H-pyrrole nitrogens is 1. The van der Waals surface area contributed by atoms with Crippen molar-refractivity contribution in [2.75, 3.05) is 5.73 Å². The first kappa shape index (κ1) is 14.2. The van der Waals surface area contributed by atoms with Crippen LogP contribution < -0.4 is 11.3 Å². The highest BCUT2D eigenvalue weighted by atomic mass is 16.1. The number of nitrogens with two attached hydrogens (primary N) is 1. The number of rotatable bonds is 3. The van der Waals surface area contributed by atoms with Crippen molar-refractivity contribution >= 4 is 17.0 Å². The molecule has 6 heteroatoms. The summed E-state index contributed by atoms with van der Waals surface area (Å²) in [5, 5.41) is 4.96. The van der Waals surface area contributed by atoms with E-state index in [9.17, 15) is 4.79 Å². The van der Waals surface area contributed by atoms with E-state index in [1.807, 2.05) is 60.7 Å². The second-order valence-electron chi connectivity index (χ2n) is 5.51. The standard InChI is InChI=1S/C18H15N5O/c19-18-20-16-14(17(24)21-18)15(13-9-5-2-6-10-13)23(22-16)11-12-7-3-1-4-8-12/h1-10H,11H2,(H3,19,20,21,22,24). The van der Waals surface area contributed by atoms with Gasteiger partial charge in [0, 0.05) is 5.56 Å². The Morgan fingerprint density at radius 3 is 2.38 bits per heavy atom. The molecule has 0 bridgehead atoms. The first-order chi connectivity index (χ1) is 11.7. The number of fused-ring (bicyclic) bond motifs is 1. The van der Waals surface area contributed by atoms with Crippen LogP contribution in [0.25, 0.3) is 22.3 Å². The van der Waals surface area contributed by atoms with Gasteiger partial charge in [0.2, 0.25) is 5.95 Å². The summed E-state index contributed by atoms with van der Waals surface area (Å²) >= 11 is 0. The molecule has 0 atom stereocenters. The molecule has 0 saturated carbocycles. The van der Waals surface area contributed by atoms with Crippen molar-refractivity contribution in [2.24, 2.45) is 0 Å². The molecule has 2 aromatic carbocycles. The first-order valence-electron chi connectivity index (χ1n) is 7.58. The molecule has 0 unspecified atom stereocenters. The van der Waals surface area contributed by atoms with E-state index in [-0.39, 0.29) is 11.5 Å². The van der Waals surface area contributed by atoms with Gasteiger partial charge in [-0.2, -0.15) is 10.1 Å². The zero-order chi connectivity index (χ0) is 16.5. The lowest BCUT2D eigenvalue weighted by molar-refractivity contribution is 0.701. The van der Waals surface area contributed by atoms with Crippen LogP contribution in [-0.4, -0.2) is 19.7 Å². The third-order valence-corrected chi connectivity index (χ3v) is 3.85. The molecule has 0 fully saturated rings. The van der Waals surface area contributed by atoms with Gasteiger partial charge in [0.15, 0.2) is 5.65 Å². The van der Waals surface area contributed by atoms with E-state index in [0.29, 0.717) is 17.6 Å². The quantitative estimate of drug-likeness (QED) is 0.607. The minimum Gasteiger partial charge on any atom is -0.369 e.